The third-order valence-electron chi connectivity index (χ3n) is 2.90. The fraction of sp³-hybridized carbons (Fsp3) is 0.167. The Morgan fingerprint density at radius 3 is 2.92 bits per heavy atom. The molecule has 24 heavy (non-hydrogen) atoms. The Morgan fingerprint density at radius 1 is 1.38 bits per heavy atom. The fourth-order valence-corrected chi connectivity index (χ4v) is 2.69. The van der Waals surface area contributed by atoms with Crippen molar-refractivity contribution in [3.8, 4) is 0 Å². The van der Waals surface area contributed by atoms with Gasteiger partial charge in [0.05, 0.1) is 12.0 Å². The van der Waals surface area contributed by atoms with Crippen LogP contribution in [0.25, 0.3) is 0 Å². The molecular weight excluding hydrogens is 358 g/mol. The molecule has 0 radical (unpaired) electrons. The highest BCUT2D eigenvalue weighted by molar-refractivity contribution is 7.98. The van der Waals surface area contributed by atoms with E-state index in [0.717, 1.165) is 12.1 Å². The van der Waals surface area contributed by atoms with Crippen molar-refractivity contribution in [2.45, 2.75) is 10.9 Å². The van der Waals surface area contributed by atoms with Gasteiger partial charge in [0.25, 0.3) is 0 Å². The van der Waals surface area contributed by atoms with E-state index in [1.165, 1.54) is 33.4 Å². The van der Waals surface area contributed by atoms with E-state index < -0.39 is 11.6 Å². The minimum atomic E-state index is -0.944. The van der Waals surface area contributed by atoms with Crippen molar-refractivity contribution in [2.24, 2.45) is 12.1 Å². The van der Waals surface area contributed by atoms with E-state index in [-0.39, 0.29) is 4.77 Å². The van der Waals surface area contributed by atoms with Gasteiger partial charge < -0.3 is 0 Å². The van der Waals surface area contributed by atoms with Gasteiger partial charge in [0, 0.05) is 7.05 Å². The van der Waals surface area contributed by atoms with Gasteiger partial charge in [-0.1, -0.05) is 17.8 Å². The molecule has 8 nitrogen and oxygen atoms in total. The van der Waals surface area contributed by atoms with Crippen molar-refractivity contribution in [2.75, 3.05) is 0 Å². The van der Waals surface area contributed by atoms with Gasteiger partial charge in [-0.05, 0) is 40.3 Å². The third kappa shape index (κ3) is 3.54. The van der Waals surface area contributed by atoms with Gasteiger partial charge in [-0.25, -0.2) is 13.5 Å². The van der Waals surface area contributed by atoms with Crippen LogP contribution in [0, 0.1) is 16.4 Å². The number of tetrazole rings is 1. The maximum atomic E-state index is 13.2. The van der Waals surface area contributed by atoms with Crippen LogP contribution in [0.2, 0.25) is 0 Å². The smallest absolute Gasteiger partial charge is 0.216 e. The molecule has 3 aromatic rings. The van der Waals surface area contributed by atoms with Crippen molar-refractivity contribution < 1.29 is 8.78 Å². The zero-order chi connectivity index (χ0) is 17.1. The summed E-state index contributed by atoms with van der Waals surface area (Å²) in [5, 5.41) is 22.6. The van der Waals surface area contributed by atoms with E-state index in [2.05, 4.69) is 30.8 Å². The molecule has 0 saturated heterocycles. The normalized spacial score (nSPS) is 11.5. The fourth-order valence-electron chi connectivity index (χ4n) is 1.73. The van der Waals surface area contributed by atoms with Gasteiger partial charge in [-0.3, -0.25) is 5.10 Å². The lowest BCUT2D eigenvalue weighted by atomic mass is 10.2. The second kappa shape index (κ2) is 6.97. The summed E-state index contributed by atoms with van der Waals surface area (Å²) in [5.74, 6) is -0.912. The first-order valence-corrected chi connectivity index (χ1v) is 7.95. The van der Waals surface area contributed by atoms with Gasteiger partial charge in [-0.2, -0.15) is 14.9 Å². The molecule has 0 fully saturated rings. The molecule has 0 aliphatic heterocycles. The van der Waals surface area contributed by atoms with Crippen molar-refractivity contribution in [1.82, 2.24) is 35.1 Å². The number of aromatic amines is 1. The first kappa shape index (κ1) is 16.4. The number of H-pyrrole nitrogens is 1. The van der Waals surface area contributed by atoms with E-state index in [4.69, 9.17) is 12.2 Å². The van der Waals surface area contributed by atoms with E-state index in [9.17, 15) is 8.78 Å². The molecule has 1 N–H and O–H groups in total. The standard InChI is InChI=1S/C12H10F2N8S2/c1-21-12(18-19-20-21)24-6-10-16-17-11(23)22(10)15-5-7-2-3-8(13)9(14)4-7/h2-5H,6H2,1H3,(H,17,23)/b15-5+. The Bertz CT molecular complexity index is 945. The van der Waals surface area contributed by atoms with Crippen molar-refractivity contribution in [3.05, 3.63) is 46.0 Å². The average Bonchev–Trinajstić information content (AvgIpc) is 3.12. The number of aromatic nitrogens is 7. The number of nitrogens with one attached hydrogen (secondary N) is 1. The molecule has 2 heterocycles. The molecule has 0 spiro atoms. The zero-order valence-corrected chi connectivity index (χ0v) is 13.9. The molecule has 3 rings (SSSR count). The predicted molar refractivity (Wildman–Crippen MR) is 85.1 cm³/mol. The van der Waals surface area contributed by atoms with Gasteiger partial charge in [0.15, 0.2) is 17.5 Å². The number of nitrogens with zero attached hydrogens (tertiary/aromatic N) is 7. The Kier molecular flexibility index (Phi) is 4.76. The molecule has 0 saturated carbocycles. The second-order valence-corrected chi connectivity index (χ2v) is 5.88. The molecule has 12 heteroatoms. The minimum Gasteiger partial charge on any atom is -0.250 e. The Balaban J connectivity index is 1.79. The summed E-state index contributed by atoms with van der Waals surface area (Å²) >= 11 is 6.47. The number of rotatable bonds is 5. The summed E-state index contributed by atoms with van der Waals surface area (Å²) in [4.78, 5) is 0. The number of halogens is 2. The zero-order valence-electron chi connectivity index (χ0n) is 12.2. The van der Waals surface area contributed by atoms with Gasteiger partial charge >= 0.3 is 0 Å². The monoisotopic (exact) mass is 368 g/mol. The summed E-state index contributed by atoms with van der Waals surface area (Å²) in [6.07, 6.45) is 1.37. The van der Waals surface area contributed by atoms with Crippen molar-refractivity contribution in [1.29, 1.82) is 0 Å². The Morgan fingerprint density at radius 2 is 2.21 bits per heavy atom. The maximum Gasteiger partial charge on any atom is 0.216 e. The highest BCUT2D eigenvalue weighted by atomic mass is 32.2. The Labute approximate surface area is 143 Å². The highest BCUT2D eigenvalue weighted by Gasteiger charge is 2.09. The van der Waals surface area contributed by atoms with Gasteiger partial charge in [0.1, 0.15) is 0 Å². The molecule has 0 aliphatic carbocycles. The van der Waals surface area contributed by atoms with E-state index >= 15 is 0 Å². The first-order valence-electron chi connectivity index (χ1n) is 6.55. The molecule has 0 amide bonds. The highest BCUT2D eigenvalue weighted by Crippen LogP contribution is 2.18. The molecule has 124 valence electrons. The summed E-state index contributed by atoms with van der Waals surface area (Å²) < 4.78 is 29.3. The van der Waals surface area contributed by atoms with E-state index in [1.54, 1.807) is 7.05 Å². The first-order chi connectivity index (χ1) is 11.5. The number of aryl methyl sites for hydroxylation is 1. The van der Waals surface area contributed by atoms with Crippen LogP contribution < -0.4 is 0 Å². The van der Waals surface area contributed by atoms with Crippen LogP contribution in [-0.4, -0.2) is 41.3 Å². The lowest BCUT2D eigenvalue weighted by Gasteiger charge is -2.00. The Hall–Kier alpha value is -2.47. The molecule has 2 aromatic heterocycles. The number of hydrogen-bond acceptors (Lipinski definition) is 7. The van der Waals surface area contributed by atoms with Crippen LogP contribution in [0.1, 0.15) is 11.4 Å². The third-order valence-corrected chi connectivity index (χ3v) is 4.17. The summed E-state index contributed by atoms with van der Waals surface area (Å²) in [5.41, 5.74) is 0.396. The van der Waals surface area contributed by atoms with Crippen molar-refractivity contribution >= 4 is 30.2 Å². The molecule has 0 unspecified atom stereocenters. The van der Waals surface area contributed by atoms with Crippen LogP contribution in [0.4, 0.5) is 8.78 Å². The summed E-state index contributed by atoms with van der Waals surface area (Å²) in [7, 11) is 1.72. The number of benzene rings is 1. The molecule has 0 aliphatic rings. The predicted octanol–water partition coefficient (Wildman–Crippen LogP) is 1.92. The molecule has 1 aromatic carbocycles. The topological polar surface area (TPSA) is 89.6 Å². The lowest BCUT2D eigenvalue weighted by molar-refractivity contribution is 0.508. The average molecular weight is 368 g/mol. The number of hydrogen-bond donors (Lipinski definition) is 1. The minimum absolute atomic E-state index is 0.278. The van der Waals surface area contributed by atoms with Crippen molar-refractivity contribution in [3.63, 3.8) is 0 Å². The maximum absolute atomic E-state index is 13.2. The van der Waals surface area contributed by atoms with Crippen LogP contribution in [-0.2, 0) is 12.8 Å². The SMILES string of the molecule is Cn1nnnc1SCc1n[nH]c(=S)n1/N=C/c1ccc(F)c(F)c1. The van der Waals surface area contributed by atoms with Crippen LogP contribution >= 0.6 is 24.0 Å². The quantitative estimate of drug-likeness (QED) is 0.420. The van der Waals surface area contributed by atoms with E-state index in [1.807, 2.05) is 0 Å². The summed E-state index contributed by atoms with van der Waals surface area (Å²) in [6, 6.07) is 3.48. The largest absolute Gasteiger partial charge is 0.250 e. The summed E-state index contributed by atoms with van der Waals surface area (Å²) in [6.45, 7) is 0. The van der Waals surface area contributed by atoms with Gasteiger partial charge in [-0.15, -0.1) is 5.10 Å². The van der Waals surface area contributed by atoms with Crippen LogP contribution in [0.5, 0.6) is 0 Å². The van der Waals surface area contributed by atoms with Crippen LogP contribution in [0.3, 0.4) is 0 Å². The second-order valence-electron chi connectivity index (χ2n) is 4.55. The molecule has 0 bridgehead atoms. The van der Waals surface area contributed by atoms with Crippen LogP contribution in [0.15, 0.2) is 28.5 Å². The van der Waals surface area contributed by atoms with E-state index in [0.29, 0.717) is 22.3 Å². The molecular formula is C12H10F2N8S2. The number of thioether (sulfide) groups is 1. The lowest BCUT2D eigenvalue weighted by Crippen LogP contribution is -1.99. The molecule has 0 atom stereocenters. The van der Waals surface area contributed by atoms with Gasteiger partial charge in [0.2, 0.25) is 9.93 Å².